The molecule has 0 bridgehead atoms. The molecule has 0 spiro atoms. The normalized spacial score (nSPS) is 15.7. The Balaban J connectivity index is 2.02. The van der Waals surface area contributed by atoms with Gasteiger partial charge in [-0.1, -0.05) is 0 Å². The molecule has 1 unspecified atom stereocenters. The van der Waals surface area contributed by atoms with Gasteiger partial charge in [-0.05, 0) is 31.4 Å². The van der Waals surface area contributed by atoms with Crippen LogP contribution in [0, 0.1) is 17.0 Å². The fraction of sp³-hybridized carbons (Fsp3) is 0.462. The summed E-state index contributed by atoms with van der Waals surface area (Å²) in [6.07, 6.45) is 2.05. The van der Waals surface area contributed by atoms with Gasteiger partial charge in [-0.3, -0.25) is 14.9 Å². The van der Waals surface area contributed by atoms with Crippen molar-refractivity contribution < 1.29 is 14.5 Å². The van der Waals surface area contributed by atoms with Gasteiger partial charge in [0.25, 0.3) is 5.69 Å². The molecule has 2 rings (SSSR count). The zero-order valence-electron chi connectivity index (χ0n) is 11.2. The molecule has 0 aliphatic heterocycles. The van der Waals surface area contributed by atoms with Crippen molar-refractivity contribution in [1.29, 1.82) is 0 Å². The molecular formula is C13H17N3O4. The molecule has 1 aliphatic rings. The van der Waals surface area contributed by atoms with Crippen LogP contribution in [0.3, 0.4) is 0 Å². The van der Waals surface area contributed by atoms with Gasteiger partial charge in [0.2, 0.25) is 5.91 Å². The van der Waals surface area contributed by atoms with Gasteiger partial charge < -0.3 is 15.8 Å². The van der Waals surface area contributed by atoms with E-state index in [-0.39, 0.29) is 12.3 Å². The van der Waals surface area contributed by atoms with Crippen molar-refractivity contribution in [3.63, 3.8) is 0 Å². The van der Waals surface area contributed by atoms with E-state index in [2.05, 4.69) is 5.32 Å². The topological polar surface area (TPSA) is 107 Å². The van der Waals surface area contributed by atoms with E-state index in [0.717, 1.165) is 18.4 Å². The first-order valence-corrected chi connectivity index (χ1v) is 6.40. The van der Waals surface area contributed by atoms with E-state index in [0.29, 0.717) is 11.8 Å². The lowest BCUT2D eigenvalue weighted by molar-refractivity contribution is -0.384. The smallest absolute Gasteiger partial charge is 0.273 e. The van der Waals surface area contributed by atoms with E-state index in [9.17, 15) is 14.9 Å². The minimum Gasteiger partial charge on any atom is -0.491 e. The van der Waals surface area contributed by atoms with E-state index in [4.69, 9.17) is 10.5 Å². The van der Waals surface area contributed by atoms with E-state index in [1.165, 1.54) is 12.1 Å². The van der Waals surface area contributed by atoms with Crippen LogP contribution >= 0.6 is 0 Å². The number of aryl methyl sites for hydroxylation is 1. The summed E-state index contributed by atoms with van der Waals surface area (Å²) >= 11 is 0. The minimum atomic E-state index is -0.582. The van der Waals surface area contributed by atoms with E-state index in [1.54, 1.807) is 13.0 Å². The number of non-ortho nitro benzene ring substituents is 1. The SMILES string of the molecule is Cc1ccc([N+](=O)[O-])cc1OCC(NC1CC1)C(N)=O. The highest BCUT2D eigenvalue weighted by molar-refractivity contribution is 5.80. The number of amides is 1. The number of carbonyl (C=O) groups excluding carboxylic acids is 1. The molecule has 20 heavy (non-hydrogen) atoms. The molecule has 1 amide bonds. The molecule has 1 aliphatic carbocycles. The lowest BCUT2D eigenvalue weighted by atomic mass is 10.2. The van der Waals surface area contributed by atoms with E-state index >= 15 is 0 Å². The number of primary amides is 1. The van der Waals surface area contributed by atoms with Crippen LogP contribution in [0.5, 0.6) is 5.75 Å². The summed E-state index contributed by atoms with van der Waals surface area (Å²) in [5.41, 5.74) is 6.03. The molecule has 0 radical (unpaired) electrons. The number of ether oxygens (including phenoxy) is 1. The van der Waals surface area contributed by atoms with Gasteiger partial charge in [-0.2, -0.15) is 0 Å². The average Bonchev–Trinajstić information content (AvgIpc) is 3.19. The Hall–Kier alpha value is -2.15. The Kier molecular flexibility index (Phi) is 4.19. The summed E-state index contributed by atoms with van der Waals surface area (Å²) in [6.45, 7) is 1.85. The zero-order chi connectivity index (χ0) is 14.7. The zero-order valence-corrected chi connectivity index (χ0v) is 11.2. The highest BCUT2D eigenvalue weighted by Gasteiger charge is 2.27. The number of hydrogen-bond acceptors (Lipinski definition) is 5. The largest absolute Gasteiger partial charge is 0.491 e. The van der Waals surface area contributed by atoms with Crippen LogP contribution in [0.25, 0.3) is 0 Å². The quantitative estimate of drug-likeness (QED) is 0.569. The highest BCUT2D eigenvalue weighted by atomic mass is 16.6. The average molecular weight is 279 g/mol. The molecule has 7 heteroatoms. The molecule has 1 aromatic carbocycles. The van der Waals surface area contributed by atoms with Crippen molar-refractivity contribution in [2.75, 3.05) is 6.61 Å². The van der Waals surface area contributed by atoms with Crippen LogP contribution < -0.4 is 15.8 Å². The Labute approximate surface area is 116 Å². The van der Waals surface area contributed by atoms with Gasteiger partial charge in [0.1, 0.15) is 18.4 Å². The van der Waals surface area contributed by atoms with Crippen molar-refractivity contribution in [3.8, 4) is 5.75 Å². The van der Waals surface area contributed by atoms with Crippen LogP contribution in [0.15, 0.2) is 18.2 Å². The van der Waals surface area contributed by atoms with Crippen LogP contribution in [0.4, 0.5) is 5.69 Å². The molecule has 0 aromatic heterocycles. The van der Waals surface area contributed by atoms with Gasteiger partial charge in [0, 0.05) is 12.1 Å². The number of benzene rings is 1. The summed E-state index contributed by atoms with van der Waals surface area (Å²) in [7, 11) is 0. The molecule has 1 atom stereocenters. The van der Waals surface area contributed by atoms with Crippen molar-refractivity contribution in [2.45, 2.75) is 31.8 Å². The van der Waals surface area contributed by atoms with Crippen LogP contribution in [0.2, 0.25) is 0 Å². The second-order valence-corrected chi connectivity index (χ2v) is 4.91. The lowest BCUT2D eigenvalue weighted by Crippen LogP contribution is -2.46. The summed E-state index contributed by atoms with van der Waals surface area (Å²) in [6, 6.07) is 4.12. The van der Waals surface area contributed by atoms with Crippen LogP contribution in [0.1, 0.15) is 18.4 Å². The Morgan fingerprint density at radius 2 is 2.30 bits per heavy atom. The monoisotopic (exact) mass is 279 g/mol. The summed E-state index contributed by atoms with van der Waals surface area (Å²) in [5, 5.41) is 13.8. The predicted octanol–water partition coefficient (Wildman–Crippen LogP) is 0.888. The van der Waals surface area contributed by atoms with Gasteiger partial charge in [-0.25, -0.2) is 0 Å². The van der Waals surface area contributed by atoms with E-state index < -0.39 is 16.9 Å². The molecule has 1 fully saturated rings. The van der Waals surface area contributed by atoms with Crippen LogP contribution in [-0.4, -0.2) is 29.5 Å². The molecular weight excluding hydrogens is 262 g/mol. The fourth-order valence-corrected chi connectivity index (χ4v) is 1.78. The molecule has 1 saturated carbocycles. The fourth-order valence-electron chi connectivity index (χ4n) is 1.78. The standard InChI is InChI=1S/C13H17N3O4/c1-8-2-5-10(16(18)19)6-12(8)20-7-11(13(14)17)15-9-3-4-9/h2,5-6,9,11,15H,3-4,7H2,1H3,(H2,14,17). The second kappa shape index (κ2) is 5.87. The number of rotatable bonds is 7. The first kappa shape index (κ1) is 14.3. The van der Waals surface area contributed by atoms with Crippen LogP contribution in [-0.2, 0) is 4.79 Å². The second-order valence-electron chi connectivity index (χ2n) is 4.91. The third-order valence-corrected chi connectivity index (χ3v) is 3.15. The first-order valence-electron chi connectivity index (χ1n) is 6.40. The summed E-state index contributed by atoms with van der Waals surface area (Å²) in [5.74, 6) is -0.0944. The maximum atomic E-state index is 11.3. The number of nitrogens with two attached hydrogens (primary N) is 1. The van der Waals surface area contributed by atoms with E-state index in [1.807, 2.05) is 0 Å². The predicted molar refractivity (Wildman–Crippen MR) is 72.5 cm³/mol. The number of nitro groups is 1. The Morgan fingerprint density at radius 3 is 2.85 bits per heavy atom. The third kappa shape index (κ3) is 3.67. The van der Waals surface area contributed by atoms with Crippen molar-refractivity contribution >= 4 is 11.6 Å². The molecule has 0 saturated heterocycles. The Bertz CT molecular complexity index is 528. The maximum absolute atomic E-state index is 11.3. The maximum Gasteiger partial charge on any atom is 0.273 e. The number of nitrogens with one attached hydrogen (secondary N) is 1. The number of hydrogen-bond donors (Lipinski definition) is 2. The lowest BCUT2D eigenvalue weighted by Gasteiger charge is -2.16. The third-order valence-electron chi connectivity index (χ3n) is 3.15. The molecule has 3 N–H and O–H groups in total. The summed E-state index contributed by atoms with van der Waals surface area (Å²) < 4.78 is 5.51. The summed E-state index contributed by atoms with van der Waals surface area (Å²) in [4.78, 5) is 21.6. The molecule has 108 valence electrons. The first-order chi connectivity index (χ1) is 9.47. The van der Waals surface area contributed by atoms with Gasteiger partial charge in [-0.15, -0.1) is 0 Å². The number of nitrogens with zero attached hydrogens (tertiary/aromatic N) is 1. The molecule has 1 aromatic rings. The number of nitro benzene ring substituents is 1. The molecule has 0 heterocycles. The molecule has 7 nitrogen and oxygen atoms in total. The van der Waals surface area contributed by atoms with Gasteiger partial charge in [0.15, 0.2) is 0 Å². The minimum absolute atomic E-state index is 0.0450. The Morgan fingerprint density at radius 1 is 1.60 bits per heavy atom. The van der Waals surface area contributed by atoms with Gasteiger partial charge in [0.05, 0.1) is 11.0 Å². The van der Waals surface area contributed by atoms with Crippen molar-refractivity contribution in [1.82, 2.24) is 5.32 Å². The number of carbonyl (C=O) groups is 1. The van der Waals surface area contributed by atoms with Crippen molar-refractivity contribution in [3.05, 3.63) is 33.9 Å². The van der Waals surface area contributed by atoms with Crippen molar-refractivity contribution in [2.24, 2.45) is 5.73 Å². The highest BCUT2D eigenvalue weighted by Crippen LogP contribution is 2.24. The van der Waals surface area contributed by atoms with Gasteiger partial charge >= 0.3 is 0 Å².